The van der Waals surface area contributed by atoms with Gasteiger partial charge < -0.3 is 29.9 Å². The molecule has 5 atom stereocenters. The highest BCUT2D eigenvalue weighted by Gasteiger charge is 2.42. The molecule has 1 aromatic rings. The van der Waals surface area contributed by atoms with Crippen LogP contribution in [0.15, 0.2) is 30.3 Å². The second kappa shape index (κ2) is 6.42. The summed E-state index contributed by atoms with van der Waals surface area (Å²) in [7, 11) is 0. The molecule has 1 aliphatic rings. The van der Waals surface area contributed by atoms with E-state index in [0.717, 1.165) is 0 Å². The van der Waals surface area contributed by atoms with Crippen molar-refractivity contribution < 1.29 is 29.9 Å². The molecule has 1 saturated heterocycles. The quantitative estimate of drug-likeness (QED) is 0.570. The first-order valence-corrected chi connectivity index (χ1v) is 6.11. The Hall–Kier alpha value is -1.02. The summed E-state index contributed by atoms with van der Waals surface area (Å²) >= 11 is 0. The predicted molar refractivity (Wildman–Crippen MR) is 65.1 cm³/mol. The van der Waals surface area contributed by atoms with E-state index in [-0.39, 0.29) is 0 Å². The summed E-state index contributed by atoms with van der Waals surface area (Å²) in [6.07, 6.45) is -5.12. The molecule has 1 heterocycles. The van der Waals surface area contributed by atoms with Gasteiger partial charge in [-0.2, -0.15) is 0 Å². The van der Waals surface area contributed by atoms with Crippen LogP contribution in [0.1, 0.15) is 11.9 Å². The van der Waals surface area contributed by atoms with Crippen LogP contribution in [0, 0.1) is 0 Å². The highest BCUT2D eigenvalue weighted by Crippen LogP contribution is 2.31. The standard InChI is InChI=1S/C13H18O6/c14-6-9(16)12-11(17)10(7-15)18-13(19-12)8-4-2-1-3-5-8/h1-5,9-17H,6-7H2/t9-,10-,11+,12+,13-/m1/s1. The van der Waals surface area contributed by atoms with Crippen LogP contribution in [0.4, 0.5) is 0 Å². The molecule has 106 valence electrons. The molecule has 0 aromatic heterocycles. The molecule has 0 radical (unpaired) electrons. The van der Waals surface area contributed by atoms with Crippen LogP contribution in [0.2, 0.25) is 0 Å². The molecule has 0 spiro atoms. The number of rotatable bonds is 4. The average Bonchev–Trinajstić information content (AvgIpc) is 2.47. The molecule has 4 N–H and O–H groups in total. The molecule has 0 unspecified atom stereocenters. The first-order chi connectivity index (χ1) is 9.17. The van der Waals surface area contributed by atoms with E-state index in [1.807, 2.05) is 6.07 Å². The molecule has 0 amide bonds. The molecule has 1 aromatic carbocycles. The van der Waals surface area contributed by atoms with E-state index >= 15 is 0 Å². The zero-order valence-electron chi connectivity index (χ0n) is 10.3. The van der Waals surface area contributed by atoms with Crippen LogP contribution in [-0.4, -0.2) is 58.1 Å². The lowest BCUT2D eigenvalue weighted by Crippen LogP contribution is -2.54. The maximum Gasteiger partial charge on any atom is 0.184 e. The van der Waals surface area contributed by atoms with E-state index in [1.165, 1.54) is 0 Å². The lowest BCUT2D eigenvalue weighted by atomic mass is 10.0. The maximum absolute atomic E-state index is 9.91. The van der Waals surface area contributed by atoms with Gasteiger partial charge in [0, 0.05) is 5.56 Å². The molecule has 0 bridgehead atoms. The summed E-state index contributed by atoms with van der Waals surface area (Å²) in [6.45, 7) is -0.941. The maximum atomic E-state index is 9.91. The zero-order chi connectivity index (χ0) is 13.8. The minimum atomic E-state index is -1.24. The number of hydrogen-bond acceptors (Lipinski definition) is 6. The van der Waals surface area contributed by atoms with Crippen molar-refractivity contribution in [3.8, 4) is 0 Å². The van der Waals surface area contributed by atoms with Crippen LogP contribution < -0.4 is 0 Å². The Labute approximate surface area is 110 Å². The van der Waals surface area contributed by atoms with Crippen molar-refractivity contribution in [1.29, 1.82) is 0 Å². The Bertz CT molecular complexity index is 384. The van der Waals surface area contributed by atoms with Crippen molar-refractivity contribution in [3.05, 3.63) is 35.9 Å². The summed E-state index contributed by atoms with van der Waals surface area (Å²) in [5.41, 5.74) is 0.711. The molecule has 1 aliphatic heterocycles. The number of benzene rings is 1. The van der Waals surface area contributed by atoms with Crippen molar-refractivity contribution in [1.82, 2.24) is 0 Å². The van der Waals surface area contributed by atoms with Crippen molar-refractivity contribution in [3.63, 3.8) is 0 Å². The van der Waals surface area contributed by atoms with Crippen molar-refractivity contribution in [2.75, 3.05) is 13.2 Å². The van der Waals surface area contributed by atoms with E-state index in [1.54, 1.807) is 24.3 Å². The largest absolute Gasteiger partial charge is 0.394 e. The number of aliphatic hydroxyl groups excluding tert-OH is 4. The molecule has 0 aliphatic carbocycles. The molecular formula is C13H18O6. The minimum Gasteiger partial charge on any atom is -0.394 e. The van der Waals surface area contributed by atoms with Gasteiger partial charge >= 0.3 is 0 Å². The van der Waals surface area contributed by atoms with E-state index < -0.39 is 43.9 Å². The zero-order valence-corrected chi connectivity index (χ0v) is 10.3. The normalized spacial score (nSPS) is 33.1. The van der Waals surface area contributed by atoms with Crippen LogP contribution in [0.3, 0.4) is 0 Å². The van der Waals surface area contributed by atoms with E-state index in [9.17, 15) is 15.3 Å². The average molecular weight is 270 g/mol. The summed E-state index contributed by atoms with van der Waals surface area (Å²) in [5, 5.41) is 37.8. The fraction of sp³-hybridized carbons (Fsp3) is 0.538. The third-order valence-corrected chi connectivity index (χ3v) is 3.11. The minimum absolute atomic E-state index is 0.400. The third-order valence-electron chi connectivity index (χ3n) is 3.11. The number of hydrogen-bond donors (Lipinski definition) is 4. The van der Waals surface area contributed by atoms with Crippen LogP contribution >= 0.6 is 0 Å². The van der Waals surface area contributed by atoms with Gasteiger partial charge in [-0.05, 0) is 0 Å². The summed E-state index contributed by atoms with van der Waals surface area (Å²) in [4.78, 5) is 0. The van der Waals surface area contributed by atoms with Crippen molar-refractivity contribution >= 4 is 0 Å². The second-order valence-corrected chi connectivity index (χ2v) is 4.44. The molecule has 6 nitrogen and oxygen atoms in total. The van der Waals surface area contributed by atoms with Gasteiger partial charge in [0.1, 0.15) is 24.4 Å². The Balaban J connectivity index is 2.18. The van der Waals surface area contributed by atoms with E-state index in [2.05, 4.69) is 0 Å². The first-order valence-electron chi connectivity index (χ1n) is 6.11. The first kappa shape index (κ1) is 14.4. The van der Waals surface area contributed by atoms with Gasteiger partial charge in [0.2, 0.25) is 0 Å². The third kappa shape index (κ3) is 3.11. The lowest BCUT2D eigenvalue weighted by molar-refractivity contribution is -0.310. The SMILES string of the molecule is OC[C@@H](O)[C@@H]1O[C@H](c2ccccc2)O[C@H](CO)[C@@H]1O. The molecule has 19 heavy (non-hydrogen) atoms. The molecule has 0 saturated carbocycles. The van der Waals surface area contributed by atoms with E-state index in [0.29, 0.717) is 5.56 Å². The lowest BCUT2D eigenvalue weighted by Gasteiger charge is -2.40. The Morgan fingerprint density at radius 2 is 1.79 bits per heavy atom. The predicted octanol–water partition coefficient (Wildman–Crippen LogP) is -0.824. The summed E-state index contributed by atoms with van der Waals surface area (Å²) in [5.74, 6) is 0. The molecule has 2 rings (SSSR count). The van der Waals surface area contributed by atoms with Gasteiger partial charge in [-0.15, -0.1) is 0 Å². The number of ether oxygens (including phenoxy) is 2. The number of aliphatic hydroxyl groups is 4. The van der Waals surface area contributed by atoms with Gasteiger partial charge in [-0.3, -0.25) is 0 Å². The fourth-order valence-corrected chi connectivity index (χ4v) is 2.05. The van der Waals surface area contributed by atoms with Crippen LogP contribution in [-0.2, 0) is 9.47 Å². The second-order valence-electron chi connectivity index (χ2n) is 4.44. The van der Waals surface area contributed by atoms with Crippen molar-refractivity contribution in [2.45, 2.75) is 30.7 Å². The fourth-order valence-electron chi connectivity index (χ4n) is 2.05. The van der Waals surface area contributed by atoms with Crippen molar-refractivity contribution in [2.24, 2.45) is 0 Å². The Morgan fingerprint density at radius 1 is 1.11 bits per heavy atom. The topological polar surface area (TPSA) is 99.4 Å². The van der Waals surface area contributed by atoms with Gasteiger partial charge in [0.15, 0.2) is 6.29 Å². The van der Waals surface area contributed by atoms with Gasteiger partial charge in [-0.25, -0.2) is 0 Å². The highest BCUT2D eigenvalue weighted by atomic mass is 16.7. The van der Waals surface area contributed by atoms with Gasteiger partial charge in [0.05, 0.1) is 13.2 Å². The molecule has 6 heteroatoms. The summed E-state index contributed by atoms with van der Waals surface area (Å²) in [6, 6.07) is 9.00. The molecule has 1 fully saturated rings. The van der Waals surface area contributed by atoms with Crippen LogP contribution in [0.5, 0.6) is 0 Å². The summed E-state index contributed by atoms with van der Waals surface area (Å²) < 4.78 is 10.9. The Morgan fingerprint density at radius 3 is 2.37 bits per heavy atom. The van der Waals surface area contributed by atoms with Gasteiger partial charge in [-0.1, -0.05) is 30.3 Å². The van der Waals surface area contributed by atoms with E-state index in [4.69, 9.17) is 14.6 Å². The molecular weight excluding hydrogens is 252 g/mol. The monoisotopic (exact) mass is 270 g/mol. The van der Waals surface area contributed by atoms with Crippen LogP contribution in [0.25, 0.3) is 0 Å². The Kier molecular flexibility index (Phi) is 4.87. The smallest absolute Gasteiger partial charge is 0.184 e. The van der Waals surface area contributed by atoms with Gasteiger partial charge in [0.25, 0.3) is 0 Å². The highest BCUT2D eigenvalue weighted by molar-refractivity contribution is 5.16.